The number of nitrogens with zero attached hydrogens (tertiary/aromatic N) is 3. The van der Waals surface area contributed by atoms with Crippen LogP contribution in [0, 0.1) is 20.8 Å². The lowest BCUT2D eigenvalue weighted by molar-refractivity contribution is 1.06. The van der Waals surface area contributed by atoms with Crippen LogP contribution in [0.2, 0.25) is 0 Å². The Morgan fingerprint density at radius 2 is 1.76 bits per heavy atom. The molecule has 0 unspecified atom stereocenters. The van der Waals surface area contributed by atoms with Gasteiger partial charge in [0.05, 0.1) is 10.2 Å². The highest BCUT2D eigenvalue weighted by atomic mass is 79.9. The van der Waals surface area contributed by atoms with Crippen molar-refractivity contribution in [3.05, 3.63) is 33.6 Å². The molecule has 0 bridgehead atoms. The van der Waals surface area contributed by atoms with Crippen molar-refractivity contribution in [1.29, 1.82) is 0 Å². The third-order valence-electron chi connectivity index (χ3n) is 2.37. The SMILES string of the molecule is Cc1cc(C)nc(-c2nc(C)c(Br)c(N)n2)c1. The van der Waals surface area contributed by atoms with E-state index in [9.17, 15) is 0 Å². The molecule has 0 amide bonds. The average molecular weight is 293 g/mol. The third-order valence-corrected chi connectivity index (χ3v) is 3.35. The first-order valence-electron chi connectivity index (χ1n) is 5.22. The number of rotatable bonds is 1. The first kappa shape index (κ1) is 12.0. The zero-order valence-electron chi connectivity index (χ0n) is 9.95. The summed E-state index contributed by atoms with van der Waals surface area (Å²) in [5.41, 5.74) is 9.46. The Morgan fingerprint density at radius 3 is 2.35 bits per heavy atom. The summed E-state index contributed by atoms with van der Waals surface area (Å²) in [5, 5.41) is 0. The van der Waals surface area contributed by atoms with Crippen molar-refractivity contribution in [2.24, 2.45) is 0 Å². The first-order chi connectivity index (χ1) is 7.97. The molecule has 0 atom stereocenters. The van der Waals surface area contributed by atoms with Gasteiger partial charge in [0, 0.05) is 5.69 Å². The number of halogens is 1. The minimum absolute atomic E-state index is 0.438. The van der Waals surface area contributed by atoms with Crippen LogP contribution in [0.5, 0.6) is 0 Å². The van der Waals surface area contributed by atoms with Gasteiger partial charge in [-0.25, -0.2) is 15.0 Å². The lowest BCUT2D eigenvalue weighted by atomic mass is 10.2. The predicted octanol–water partition coefficient (Wildman–Crippen LogP) is 2.81. The fourth-order valence-electron chi connectivity index (χ4n) is 1.65. The molecule has 0 saturated heterocycles. The van der Waals surface area contributed by atoms with Crippen molar-refractivity contribution >= 4 is 21.7 Å². The number of nitrogens with two attached hydrogens (primary N) is 1. The number of aromatic nitrogens is 3. The molecule has 0 saturated carbocycles. The Bertz CT molecular complexity index is 537. The molecular formula is C12H13BrN4. The van der Waals surface area contributed by atoms with E-state index in [2.05, 4.69) is 30.9 Å². The molecule has 2 rings (SSSR count). The molecule has 17 heavy (non-hydrogen) atoms. The summed E-state index contributed by atoms with van der Waals surface area (Å²) in [6.07, 6.45) is 0. The lowest BCUT2D eigenvalue weighted by Gasteiger charge is -2.06. The van der Waals surface area contributed by atoms with Crippen molar-refractivity contribution in [2.45, 2.75) is 20.8 Å². The van der Waals surface area contributed by atoms with Crippen LogP contribution < -0.4 is 5.73 Å². The fraction of sp³-hybridized carbons (Fsp3) is 0.250. The lowest BCUT2D eigenvalue weighted by Crippen LogP contribution is -2.01. The molecule has 88 valence electrons. The highest BCUT2D eigenvalue weighted by Gasteiger charge is 2.10. The van der Waals surface area contributed by atoms with E-state index in [4.69, 9.17) is 5.73 Å². The molecular weight excluding hydrogens is 280 g/mol. The topological polar surface area (TPSA) is 64.7 Å². The summed E-state index contributed by atoms with van der Waals surface area (Å²) >= 11 is 3.34. The van der Waals surface area contributed by atoms with Crippen LogP contribution in [0.4, 0.5) is 5.82 Å². The Hall–Kier alpha value is -1.49. The van der Waals surface area contributed by atoms with Gasteiger partial charge in [-0.1, -0.05) is 0 Å². The van der Waals surface area contributed by atoms with Gasteiger partial charge in [0.25, 0.3) is 0 Å². The molecule has 4 nitrogen and oxygen atoms in total. The van der Waals surface area contributed by atoms with Crippen LogP contribution in [0.25, 0.3) is 11.5 Å². The summed E-state index contributed by atoms with van der Waals surface area (Å²) < 4.78 is 0.741. The minimum atomic E-state index is 0.438. The number of hydrogen-bond acceptors (Lipinski definition) is 4. The molecule has 2 aromatic heterocycles. The van der Waals surface area contributed by atoms with Gasteiger partial charge in [-0.15, -0.1) is 0 Å². The van der Waals surface area contributed by atoms with Crippen LogP contribution >= 0.6 is 15.9 Å². The second-order valence-corrected chi connectivity index (χ2v) is 4.80. The molecule has 0 aliphatic rings. The maximum atomic E-state index is 5.81. The fourth-order valence-corrected chi connectivity index (χ4v) is 1.83. The van der Waals surface area contributed by atoms with E-state index in [-0.39, 0.29) is 0 Å². The number of pyridine rings is 1. The van der Waals surface area contributed by atoms with E-state index < -0.39 is 0 Å². The zero-order valence-corrected chi connectivity index (χ0v) is 11.5. The van der Waals surface area contributed by atoms with E-state index in [1.807, 2.05) is 32.9 Å². The minimum Gasteiger partial charge on any atom is -0.383 e. The largest absolute Gasteiger partial charge is 0.383 e. The first-order valence-corrected chi connectivity index (χ1v) is 6.02. The van der Waals surface area contributed by atoms with Crippen LogP contribution in [0.15, 0.2) is 16.6 Å². The van der Waals surface area contributed by atoms with Gasteiger partial charge in [-0.2, -0.15) is 0 Å². The molecule has 0 aliphatic carbocycles. The molecule has 2 aromatic rings. The molecule has 0 radical (unpaired) electrons. The summed E-state index contributed by atoms with van der Waals surface area (Å²) in [5.74, 6) is 1.00. The predicted molar refractivity (Wildman–Crippen MR) is 71.6 cm³/mol. The molecule has 0 aromatic carbocycles. The van der Waals surface area contributed by atoms with Crippen molar-refractivity contribution < 1.29 is 0 Å². The number of hydrogen-bond donors (Lipinski definition) is 1. The molecule has 0 aliphatic heterocycles. The molecule has 5 heteroatoms. The number of nitrogen functional groups attached to an aromatic ring is 1. The van der Waals surface area contributed by atoms with Gasteiger partial charge >= 0.3 is 0 Å². The van der Waals surface area contributed by atoms with Crippen LogP contribution in [-0.2, 0) is 0 Å². The smallest absolute Gasteiger partial charge is 0.180 e. The van der Waals surface area contributed by atoms with Gasteiger partial charge in [0.2, 0.25) is 0 Å². The van der Waals surface area contributed by atoms with Gasteiger partial charge in [0.15, 0.2) is 5.82 Å². The Kier molecular flexibility index (Phi) is 3.11. The molecule has 0 fully saturated rings. The zero-order chi connectivity index (χ0) is 12.6. The van der Waals surface area contributed by atoms with E-state index in [1.54, 1.807) is 0 Å². The maximum absolute atomic E-state index is 5.81. The Balaban J connectivity index is 2.60. The summed E-state index contributed by atoms with van der Waals surface area (Å²) in [6.45, 7) is 5.85. The van der Waals surface area contributed by atoms with Crippen LogP contribution in [0.3, 0.4) is 0 Å². The summed E-state index contributed by atoms with van der Waals surface area (Å²) in [6, 6.07) is 3.97. The summed E-state index contributed by atoms with van der Waals surface area (Å²) in [7, 11) is 0. The van der Waals surface area contributed by atoms with E-state index in [1.165, 1.54) is 0 Å². The standard InChI is InChI=1S/C12H13BrN4/c1-6-4-7(2)15-9(5-6)12-16-8(3)10(13)11(14)17-12/h4-5H,1-3H3,(H2,14,16,17). The Morgan fingerprint density at radius 1 is 1.06 bits per heavy atom. The summed E-state index contributed by atoms with van der Waals surface area (Å²) in [4.78, 5) is 13.0. The van der Waals surface area contributed by atoms with Gasteiger partial charge in [-0.3, -0.25) is 0 Å². The quantitative estimate of drug-likeness (QED) is 0.878. The molecule has 2 N–H and O–H groups in total. The second kappa shape index (κ2) is 4.41. The van der Waals surface area contributed by atoms with E-state index in [0.717, 1.165) is 27.1 Å². The third kappa shape index (κ3) is 2.44. The second-order valence-electron chi connectivity index (χ2n) is 4.00. The molecule has 0 spiro atoms. The molecule has 2 heterocycles. The van der Waals surface area contributed by atoms with Crippen molar-refractivity contribution in [3.63, 3.8) is 0 Å². The number of aryl methyl sites for hydroxylation is 3. The van der Waals surface area contributed by atoms with Crippen molar-refractivity contribution in [1.82, 2.24) is 15.0 Å². The van der Waals surface area contributed by atoms with E-state index >= 15 is 0 Å². The van der Waals surface area contributed by atoms with Crippen molar-refractivity contribution in [2.75, 3.05) is 5.73 Å². The van der Waals surface area contributed by atoms with Crippen molar-refractivity contribution in [3.8, 4) is 11.5 Å². The Labute approximate surface area is 108 Å². The van der Waals surface area contributed by atoms with Crippen LogP contribution in [-0.4, -0.2) is 15.0 Å². The van der Waals surface area contributed by atoms with Gasteiger partial charge < -0.3 is 5.73 Å². The normalized spacial score (nSPS) is 10.6. The average Bonchev–Trinajstić information content (AvgIpc) is 2.23. The van der Waals surface area contributed by atoms with Gasteiger partial charge in [0.1, 0.15) is 11.5 Å². The number of anilines is 1. The highest BCUT2D eigenvalue weighted by Crippen LogP contribution is 2.24. The van der Waals surface area contributed by atoms with E-state index in [0.29, 0.717) is 11.6 Å². The van der Waals surface area contributed by atoms with Gasteiger partial charge in [-0.05, 0) is 54.4 Å². The monoisotopic (exact) mass is 292 g/mol. The highest BCUT2D eigenvalue weighted by molar-refractivity contribution is 9.10. The maximum Gasteiger partial charge on any atom is 0.180 e. The van der Waals surface area contributed by atoms with Crippen LogP contribution in [0.1, 0.15) is 17.0 Å².